The summed E-state index contributed by atoms with van der Waals surface area (Å²) in [4.78, 5) is 0. The van der Waals surface area contributed by atoms with Crippen molar-refractivity contribution in [2.75, 3.05) is 40.1 Å². The van der Waals surface area contributed by atoms with Gasteiger partial charge in [0.2, 0.25) is 0 Å². The predicted octanol–water partition coefficient (Wildman–Crippen LogP) is -2.81. The molecule has 0 spiro atoms. The van der Waals surface area contributed by atoms with Crippen molar-refractivity contribution in [3.05, 3.63) is 0 Å². The van der Waals surface area contributed by atoms with Gasteiger partial charge < -0.3 is 50.8 Å². The summed E-state index contributed by atoms with van der Waals surface area (Å²) >= 11 is 0. The first-order chi connectivity index (χ1) is 13.4. The number of hydrogen-bond acceptors (Lipinski definition) is 10. The van der Waals surface area contributed by atoms with Crippen molar-refractivity contribution >= 4 is 0 Å². The van der Waals surface area contributed by atoms with Crippen LogP contribution in [0.1, 0.15) is 13.3 Å². The first-order valence-electron chi connectivity index (χ1n) is 9.86. The lowest BCUT2D eigenvalue weighted by Gasteiger charge is -2.44. The molecule has 166 valence electrons. The van der Waals surface area contributed by atoms with Crippen LogP contribution in [0, 0.1) is 11.8 Å². The van der Waals surface area contributed by atoms with Crippen LogP contribution in [0.2, 0.25) is 0 Å². The zero-order valence-electron chi connectivity index (χ0n) is 16.6. The molecule has 10 unspecified atom stereocenters. The van der Waals surface area contributed by atoms with E-state index >= 15 is 0 Å². The van der Waals surface area contributed by atoms with Crippen molar-refractivity contribution in [2.45, 2.75) is 62.1 Å². The Balaban J connectivity index is 1.92. The molecule has 2 saturated heterocycles. The summed E-state index contributed by atoms with van der Waals surface area (Å²) in [5.41, 5.74) is 12.1. The number of methoxy groups -OCH3 is 1. The van der Waals surface area contributed by atoms with Gasteiger partial charge in [0.15, 0.2) is 0 Å². The first kappa shape index (κ1) is 23.9. The highest BCUT2D eigenvalue weighted by molar-refractivity contribution is 4.96. The fourth-order valence-electron chi connectivity index (χ4n) is 4.14. The standard InChI is InChI=1S/C18H36N2O8/c1-3-9-11(4-21)27-14(16(20)17(9)23)8-26-6-10-12(5-22)28-13(7-25-2)15(19)18(10)24/h9-18,21-24H,3-8,19-20H2,1-2H3. The van der Waals surface area contributed by atoms with E-state index in [0.717, 1.165) is 0 Å². The van der Waals surface area contributed by atoms with Gasteiger partial charge in [-0.2, -0.15) is 0 Å². The minimum Gasteiger partial charge on any atom is -0.394 e. The van der Waals surface area contributed by atoms with Gasteiger partial charge in [-0.15, -0.1) is 0 Å². The van der Waals surface area contributed by atoms with Gasteiger partial charge >= 0.3 is 0 Å². The van der Waals surface area contributed by atoms with Crippen LogP contribution in [0.4, 0.5) is 0 Å². The summed E-state index contributed by atoms with van der Waals surface area (Å²) in [6, 6.07) is -1.32. The minimum atomic E-state index is -0.938. The Kier molecular flexibility index (Phi) is 9.48. The van der Waals surface area contributed by atoms with Gasteiger partial charge in [-0.05, 0) is 6.42 Å². The fraction of sp³-hybridized carbons (Fsp3) is 1.00. The molecule has 10 atom stereocenters. The van der Waals surface area contributed by atoms with E-state index in [1.54, 1.807) is 0 Å². The smallest absolute Gasteiger partial charge is 0.0989 e. The Morgan fingerprint density at radius 2 is 1.29 bits per heavy atom. The quantitative estimate of drug-likeness (QED) is 0.234. The van der Waals surface area contributed by atoms with Crippen molar-refractivity contribution in [1.29, 1.82) is 0 Å². The monoisotopic (exact) mass is 408 g/mol. The van der Waals surface area contributed by atoms with Gasteiger partial charge in [0.25, 0.3) is 0 Å². The molecule has 0 aromatic rings. The van der Waals surface area contributed by atoms with Crippen LogP contribution in [0.15, 0.2) is 0 Å². The predicted molar refractivity (Wildman–Crippen MR) is 99.4 cm³/mol. The van der Waals surface area contributed by atoms with E-state index in [0.29, 0.717) is 6.42 Å². The summed E-state index contributed by atoms with van der Waals surface area (Å²) in [5.74, 6) is -0.769. The normalized spacial score (nSPS) is 44.6. The maximum Gasteiger partial charge on any atom is 0.0989 e. The Morgan fingerprint density at radius 1 is 0.786 bits per heavy atom. The molecule has 10 heteroatoms. The topological polar surface area (TPSA) is 170 Å². The maximum atomic E-state index is 10.5. The molecule has 0 saturated carbocycles. The lowest BCUT2D eigenvalue weighted by atomic mass is 9.84. The lowest BCUT2D eigenvalue weighted by Crippen LogP contribution is -2.62. The third kappa shape index (κ3) is 5.20. The van der Waals surface area contributed by atoms with Crippen LogP contribution in [0.25, 0.3) is 0 Å². The molecule has 0 aromatic carbocycles. The van der Waals surface area contributed by atoms with Crippen molar-refractivity contribution in [3.63, 3.8) is 0 Å². The van der Waals surface area contributed by atoms with Gasteiger partial charge in [-0.3, -0.25) is 0 Å². The number of ether oxygens (including phenoxy) is 4. The Morgan fingerprint density at radius 3 is 1.79 bits per heavy atom. The third-order valence-electron chi connectivity index (χ3n) is 5.93. The number of aliphatic hydroxyl groups excluding tert-OH is 4. The molecule has 0 aromatic heterocycles. The highest BCUT2D eigenvalue weighted by Crippen LogP contribution is 2.29. The van der Waals surface area contributed by atoms with Gasteiger partial charge in [0.1, 0.15) is 0 Å². The van der Waals surface area contributed by atoms with Gasteiger partial charge in [-0.1, -0.05) is 6.92 Å². The molecular weight excluding hydrogens is 372 g/mol. The maximum absolute atomic E-state index is 10.5. The Hall–Kier alpha value is -0.400. The van der Waals surface area contributed by atoms with Crippen LogP contribution in [-0.4, -0.2) is 109 Å². The summed E-state index contributed by atoms with van der Waals surface area (Å²) in [6.45, 7) is 1.76. The van der Waals surface area contributed by atoms with Crippen molar-refractivity contribution in [1.82, 2.24) is 0 Å². The van der Waals surface area contributed by atoms with Crippen molar-refractivity contribution in [3.8, 4) is 0 Å². The van der Waals surface area contributed by atoms with Gasteiger partial charge in [-0.25, -0.2) is 0 Å². The zero-order chi connectivity index (χ0) is 20.8. The highest BCUT2D eigenvalue weighted by Gasteiger charge is 2.45. The molecule has 2 rings (SSSR count). The van der Waals surface area contributed by atoms with E-state index < -0.39 is 54.6 Å². The molecule has 0 amide bonds. The number of hydrogen-bond donors (Lipinski definition) is 6. The zero-order valence-corrected chi connectivity index (χ0v) is 16.6. The number of rotatable bonds is 9. The van der Waals surface area contributed by atoms with E-state index in [4.69, 9.17) is 30.4 Å². The summed E-state index contributed by atoms with van der Waals surface area (Å²) in [6.07, 6.45) is -3.37. The minimum absolute atomic E-state index is 0.0727. The molecule has 0 aliphatic carbocycles. The third-order valence-corrected chi connectivity index (χ3v) is 5.93. The largest absolute Gasteiger partial charge is 0.394 e. The second kappa shape index (κ2) is 11.1. The van der Waals surface area contributed by atoms with Crippen LogP contribution in [0.3, 0.4) is 0 Å². The Labute approximate surface area is 165 Å². The van der Waals surface area contributed by atoms with E-state index in [1.165, 1.54) is 7.11 Å². The second-order valence-electron chi connectivity index (χ2n) is 7.66. The van der Waals surface area contributed by atoms with E-state index in [1.807, 2.05) is 6.92 Å². The summed E-state index contributed by atoms with van der Waals surface area (Å²) in [7, 11) is 1.51. The molecule has 10 nitrogen and oxygen atoms in total. The first-order valence-corrected chi connectivity index (χ1v) is 9.86. The average Bonchev–Trinajstić information content (AvgIpc) is 2.70. The summed E-state index contributed by atoms with van der Waals surface area (Å²) in [5, 5.41) is 40.1. The van der Waals surface area contributed by atoms with Gasteiger partial charge in [0, 0.05) is 18.9 Å². The molecule has 0 bridgehead atoms. The van der Waals surface area contributed by atoms with E-state index in [9.17, 15) is 20.4 Å². The molecule has 28 heavy (non-hydrogen) atoms. The fourth-order valence-corrected chi connectivity index (χ4v) is 4.14. The number of aliphatic hydroxyl groups is 4. The van der Waals surface area contributed by atoms with Crippen LogP contribution >= 0.6 is 0 Å². The average molecular weight is 408 g/mol. The van der Waals surface area contributed by atoms with E-state index in [2.05, 4.69) is 0 Å². The van der Waals surface area contributed by atoms with Gasteiger partial charge in [0.05, 0.1) is 81.7 Å². The SMILES string of the molecule is CCC1C(CO)OC(COCC2C(CO)OC(COC)C(N)C2O)C(N)C1O. The van der Waals surface area contributed by atoms with Crippen LogP contribution < -0.4 is 11.5 Å². The van der Waals surface area contributed by atoms with Crippen molar-refractivity contribution in [2.24, 2.45) is 23.3 Å². The molecule has 2 aliphatic heterocycles. The number of nitrogens with two attached hydrogens (primary N) is 2. The van der Waals surface area contributed by atoms with Crippen LogP contribution in [0.5, 0.6) is 0 Å². The second-order valence-corrected chi connectivity index (χ2v) is 7.66. The molecule has 8 N–H and O–H groups in total. The summed E-state index contributed by atoms with van der Waals surface area (Å²) < 4.78 is 22.3. The van der Waals surface area contributed by atoms with Crippen LogP contribution in [-0.2, 0) is 18.9 Å². The molecule has 2 fully saturated rings. The molecule has 2 heterocycles. The molecule has 2 aliphatic rings. The molecule has 0 radical (unpaired) electrons. The Bertz CT molecular complexity index is 455. The highest BCUT2D eigenvalue weighted by atomic mass is 16.6. The lowest BCUT2D eigenvalue weighted by molar-refractivity contribution is -0.199. The molecular formula is C18H36N2O8. The van der Waals surface area contributed by atoms with Crippen molar-refractivity contribution < 1.29 is 39.4 Å². The van der Waals surface area contributed by atoms with E-state index in [-0.39, 0.29) is 39.0 Å².